The van der Waals surface area contributed by atoms with Gasteiger partial charge < -0.3 is 14.2 Å². The Morgan fingerprint density at radius 1 is 1.33 bits per heavy atom. The maximum absolute atomic E-state index is 6.03. The summed E-state index contributed by atoms with van der Waals surface area (Å²) in [5, 5.41) is 0. The fraction of sp³-hybridized carbons (Fsp3) is 0.625. The SMILES string of the molecule is COCCOc1ccccc1C(NN)C1(C)CCCCO1. The Morgan fingerprint density at radius 2 is 2.14 bits per heavy atom. The van der Waals surface area contributed by atoms with E-state index >= 15 is 0 Å². The Hall–Kier alpha value is -1.14. The molecule has 0 amide bonds. The van der Waals surface area contributed by atoms with Crippen molar-refractivity contribution in [2.75, 3.05) is 26.9 Å². The van der Waals surface area contributed by atoms with Crippen LogP contribution in [-0.2, 0) is 9.47 Å². The van der Waals surface area contributed by atoms with Crippen LogP contribution in [0.4, 0.5) is 0 Å². The highest BCUT2D eigenvalue weighted by Gasteiger charge is 2.38. The van der Waals surface area contributed by atoms with Crippen molar-refractivity contribution < 1.29 is 14.2 Å². The molecular formula is C16H26N2O3. The van der Waals surface area contributed by atoms with Crippen LogP contribution in [-0.4, -0.2) is 32.5 Å². The normalized spacial score (nSPS) is 23.8. The van der Waals surface area contributed by atoms with E-state index in [9.17, 15) is 0 Å². The molecule has 2 rings (SSSR count). The molecule has 1 fully saturated rings. The number of nitrogens with one attached hydrogen (secondary N) is 1. The number of nitrogens with two attached hydrogens (primary N) is 1. The molecule has 2 unspecified atom stereocenters. The van der Waals surface area contributed by atoms with Gasteiger partial charge in [0.2, 0.25) is 0 Å². The minimum absolute atomic E-state index is 0.100. The molecule has 0 saturated carbocycles. The van der Waals surface area contributed by atoms with Crippen molar-refractivity contribution in [1.82, 2.24) is 5.43 Å². The van der Waals surface area contributed by atoms with Crippen LogP contribution in [0.15, 0.2) is 24.3 Å². The highest BCUT2D eigenvalue weighted by atomic mass is 16.5. The van der Waals surface area contributed by atoms with E-state index in [-0.39, 0.29) is 11.6 Å². The quantitative estimate of drug-likeness (QED) is 0.458. The van der Waals surface area contributed by atoms with Crippen LogP contribution in [0, 0.1) is 0 Å². The van der Waals surface area contributed by atoms with Crippen LogP contribution in [0.5, 0.6) is 5.75 Å². The van der Waals surface area contributed by atoms with Crippen LogP contribution in [0.2, 0.25) is 0 Å². The summed E-state index contributed by atoms with van der Waals surface area (Å²) in [4.78, 5) is 0. The molecule has 1 aromatic rings. The summed E-state index contributed by atoms with van der Waals surface area (Å²) in [7, 11) is 1.66. The van der Waals surface area contributed by atoms with Gasteiger partial charge in [-0.2, -0.15) is 0 Å². The smallest absolute Gasteiger partial charge is 0.124 e. The van der Waals surface area contributed by atoms with Gasteiger partial charge in [0.25, 0.3) is 0 Å². The Balaban J connectivity index is 2.20. The zero-order valence-corrected chi connectivity index (χ0v) is 12.9. The molecule has 0 radical (unpaired) electrons. The van der Waals surface area contributed by atoms with Gasteiger partial charge in [0.1, 0.15) is 12.4 Å². The van der Waals surface area contributed by atoms with Crippen molar-refractivity contribution in [2.24, 2.45) is 5.84 Å². The second-order valence-electron chi connectivity index (χ2n) is 5.60. The number of para-hydroxylation sites is 1. The Labute approximate surface area is 126 Å². The molecule has 118 valence electrons. The van der Waals surface area contributed by atoms with Gasteiger partial charge >= 0.3 is 0 Å². The first kappa shape index (κ1) is 16.2. The highest BCUT2D eigenvalue weighted by Crippen LogP contribution is 2.39. The summed E-state index contributed by atoms with van der Waals surface area (Å²) >= 11 is 0. The molecule has 0 spiro atoms. The fourth-order valence-corrected chi connectivity index (χ4v) is 2.86. The second-order valence-corrected chi connectivity index (χ2v) is 5.60. The highest BCUT2D eigenvalue weighted by molar-refractivity contribution is 5.37. The van der Waals surface area contributed by atoms with Crippen molar-refractivity contribution >= 4 is 0 Å². The average Bonchev–Trinajstić information content (AvgIpc) is 2.50. The summed E-state index contributed by atoms with van der Waals surface area (Å²) in [6.07, 6.45) is 3.24. The van der Waals surface area contributed by atoms with Crippen molar-refractivity contribution in [2.45, 2.75) is 37.8 Å². The molecule has 21 heavy (non-hydrogen) atoms. The van der Waals surface area contributed by atoms with Crippen molar-refractivity contribution in [3.8, 4) is 5.75 Å². The van der Waals surface area contributed by atoms with Crippen LogP contribution in [0.25, 0.3) is 0 Å². The van der Waals surface area contributed by atoms with Gasteiger partial charge in [-0.3, -0.25) is 5.84 Å². The molecular weight excluding hydrogens is 268 g/mol. The molecule has 0 aromatic heterocycles. The zero-order chi connectivity index (χ0) is 15.1. The third-order valence-corrected chi connectivity index (χ3v) is 4.05. The largest absolute Gasteiger partial charge is 0.491 e. The lowest BCUT2D eigenvalue weighted by Crippen LogP contribution is -2.48. The maximum Gasteiger partial charge on any atom is 0.124 e. The van der Waals surface area contributed by atoms with E-state index in [1.807, 2.05) is 24.3 Å². The molecule has 2 atom stereocenters. The molecule has 1 aliphatic rings. The van der Waals surface area contributed by atoms with Gasteiger partial charge in [-0.25, -0.2) is 5.43 Å². The summed E-state index contributed by atoms with van der Waals surface area (Å²) < 4.78 is 16.9. The molecule has 1 aromatic carbocycles. The van der Waals surface area contributed by atoms with E-state index < -0.39 is 0 Å². The lowest BCUT2D eigenvalue weighted by atomic mass is 9.84. The Kier molecular flexibility index (Phi) is 5.99. The number of hydrogen-bond acceptors (Lipinski definition) is 5. The van der Waals surface area contributed by atoms with E-state index in [1.54, 1.807) is 7.11 Å². The third-order valence-electron chi connectivity index (χ3n) is 4.05. The van der Waals surface area contributed by atoms with E-state index in [0.717, 1.165) is 37.2 Å². The number of hydrogen-bond donors (Lipinski definition) is 2. The molecule has 3 N–H and O–H groups in total. The predicted octanol–water partition coefficient (Wildman–Crippen LogP) is 2.18. The maximum atomic E-state index is 6.03. The first-order valence-corrected chi connectivity index (χ1v) is 7.52. The van der Waals surface area contributed by atoms with E-state index in [1.165, 1.54) is 0 Å². The summed E-state index contributed by atoms with van der Waals surface area (Å²) in [5.41, 5.74) is 3.64. The second kappa shape index (κ2) is 7.75. The van der Waals surface area contributed by atoms with Gasteiger partial charge in [0, 0.05) is 19.3 Å². The standard InChI is InChI=1S/C16H26N2O3/c1-16(9-5-6-10-21-16)15(18-17)13-7-3-4-8-14(13)20-12-11-19-2/h3-4,7-8,15,18H,5-6,9-12,17H2,1-2H3. The number of hydrazine groups is 1. The van der Waals surface area contributed by atoms with Crippen molar-refractivity contribution in [3.63, 3.8) is 0 Å². The molecule has 0 bridgehead atoms. The Morgan fingerprint density at radius 3 is 2.81 bits per heavy atom. The monoisotopic (exact) mass is 294 g/mol. The molecule has 1 heterocycles. The topological polar surface area (TPSA) is 65.7 Å². The number of rotatable bonds is 7. The van der Waals surface area contributed by atoms with Crippen LogP contribution in [0.1, 0.15) is 37.8 Å². The third kappa shape index (κ3) is 3.95. The minimum atomic E-state index is -0.312. The van der Waals surface area contributed by atoms with E-state index in [4.69, 9.17) is 20.1 Å². The fourth-order valence-electron chi connectivity index (χ4n) is 2.86. The van der Waals surface area contributed by atoms with E-state index in [2.05, 4.69) is 12.3 Å². The van der Waals surface area contributed by atoms with Gasteiger partial charge in [-0.1, -0.05) is 18.2 Å². The first-order chi connectivity index (χ1) is 10.2. The lowest BCUT2D eigenvalue weighted by molar-refractivity contribution is -0.0903. The minimum Gasteiger partial charge on any atom is -0.491 e. The summed E-state index contributed by atoms with van der Waals surface area (Å²) in [6, 6.07) is 7.85. The number of ether oxygens (including phenoxy) is 3. The van der Waals surface area contributed by atoms with Gasteiger partial charge in [-0.05, 0) is 32.3 Å². The molecule has 0 aliphatic carbocycles. The number of methoxy groups -OCH3 is 1. The predicted molar refractivity (Wildman–Crippen MR) is 82.1 cm³/mol. The Bertz CT molecular complexity index is 433. The molecule has 5 heteroatoms. The zero-order valence-electron chi connectivity index (χ0n) is 12.9. The van der Waals surface area contributed by atoms with Crippen LogP contribution < -0.4 is 16.0 Å². The van der Waals surface area contributed by atoms with Gasteiger partial charge in [0.15, 0.2) is 0 Å². The molecule has 5 nitrogen and oxygen atoms in total. The lowest BCUT2D eigenvalue weighted by Gasteiger charge is -2.40. The van der Waals surface area contributed by atoms with Gasteiger partial charge in [0.05, 0.1) is 18.2 Å². The van der Waals surface area contributed by atoms with Gasteiger partial charge in [-0.15, -0.1) is 0 Å². The van der Waals surface area contributed by atoms with Crippen LogP contribution in [0.3, 0.4) is 0 Å². The summed E-state index contributed by atoms with van der Waals surface area (Å²) in [5.74, 6) is 6.66. The summed E-state index contributed by atoms with van der Waals surface area (Å²) in [6.45, 7) is 3.97. The average molecular weight is 294 g/mol. The first-order valence-electron chi connectivity index (χ1n) is 7.52. The number of benzene rings is 1. The van der Waals surface area contributed by atoms with E-state index in [0.29, 0.717) is 13.2 Å². The van der Waals surface area contributed by atoms with Crippen molar-refractivity contribution in [1.29, 1.82) is 0 Å². The molecule has 1 aliphatic heterocycles. The van der Waals surface area contributed by atoms with Crippen LogP contribution >= 0.6 is 0 Å². The molecule has 1 saturated heterocycles. The van der Waals surface area contributed by atoms with Crippen molar-refractivity contribution in [3.05, 3.63) is 29.8 Å².